The van der Waals surface area contributed by atoms with Crippen molar-refractivity contribution in [3.05, 3.63) is 77.7 Å². The van der Waals surface area contributed by atoms with Crippen molar-refractivity contribution in [2.24, 2.45) is 0 Å². The van der Waals surface area contributed by atoms with Crippen LogP contribution in [0.4, 0.5) is 5.69 Å². The number of carbonyl (C=O) groups is 1. The van der Waals surface area contributed by atoms with Crippen LogP contribution in [0.15, 0.2) is 77.3 Å². The summed E-state index contributed by atoms with van der Waals surface area (Å²) in [5.41, 5.74) is 1.98. The molecule has 158 valence electrons. The summed E-state index contributed by atoms with van der Waals surface area (Å²) in [4.78, 5) is 13.5. The molecular weight excluding hydrogens is 428 g/mol. The molecule has 2 heterocycles. The Bertz CT molecular complexity index is 1110. The molecule has 6 nitrogen and oxygen atoms in total. The summed E-state index contributed by atoms with van der Waals surface area (Å²) >= 11 is 3.02. The second-order valence-electron chi connectivity index (χ2n) is 6.74. The predicted octanol–water partition coefficient (Wildman–Crippen LogP) is 4.99. The van der Waals surface area contributed by atoms with E-state index in [0.29, 0.717) is 0 Å². The van der Waals surface area contributed by atoms with Crippen LogP contribution in [0.2, 0.25) is 0 Å². The number of aryl methyl sites for hydroxylation is 1. The van der Waals surface area contributed by atoms with Gasteiger partial charge in [-0.1, -0.05) is 48.2 Å². The molecule has 0 atom stereocenters. The maximum absolute atomic E-state index is 12.4. The first-order valence-electron chi connectivity index (χ1n) is 9.80. The number of aromatic nitrogens is 3. The molecular formula is C23H22N4O2S2. The molecule has 0 spiro atoms. The van der Waals surface area contributed by atoms with E-state index in [2.05, 4.69) is 32.2 Å². The number of thioether (sulfide) groups is 1. The lowest BCUT2D eigenvalue weighted by molar-refractivity contribution is -0.113. The quantitative estimate of drug-likeness (QED) is 0.364. The largest absolute Gasteiger partial charge is 0.497 e. The van der Waals surface area contributed by atoms with Gasteiger partial charge in [0, 0.05) is 12.2 Å². The smallest absolute Gasteiger partial charge is 0.234 e. The molecule has 4 aromatic rings. The van der Waals surface area contributed by atoms with Crippen molar-refractivity contribution in [2.45, 2.75) is 18.1 Å². The number of ether oxygens (including phenoxy) is 1. The second-order valence-corrected chi connectivity index (χ2v) is 8.63. The number of thiophene rings is 1. The molecule has 0 unspecified atom stereocenters. The number of amides is 1. The number of nitrogens with one attached hydrogen (secondary N) is 1. The van der Waals surface area contributed by atoms with E-state index in [1.54, 1.807) is 18.4 Å². The fourth-order valence-corrected chi connectivity index (χ4v) is 4.55. The van der Waals surface area contributed by atoms with Crippen molar-refractivity contribution in [3.63, 3.8) is 0 Å². The van der Waals surface area contributed by atoms with Crippen LogP contribution in [0, 0.1) is 0 Å². The molecule has 8 heteroatoms. The Hall–Kier alpha value is -3.10. The minimum absolute atomic E-state index is 0.0922. The van der Waals surface area contributed by atoms with Crippen molar-refractivity contribution >= 4 is 34.7 Å². The molecule has 1 amide bonds. The van der Waals surface area contributed by atoms with E-state index >= 15 is 0 Å². The third-order valence-corrected chi connectivity index (χ3v) is 6.46. The van der Waals surface area contributed by atoms with E-state index < -0.39 is 0 Å². The first-order valence-corrected chi connectivity index (χ1v) is 11.7. The minimum atomic E-state index is -0.0922. The molecule has 2 aromatic heterocycles. The number of carbonyl (C=O) groups excluding carboxylic acids is 1. The Morgan fingerprint density at radius 1 is 1.06 bits per heavy atom. The number of nitrogens with zero attached hydrogens (tertiary/aromatic N) is 3. The maximum Gasteiger partial charge on any atom is 0.234 e. The van der Waals surface area contributed by atoms with Crippen LogP contribution in [-0.2, 0) is 17.8 Å². The lowest BCUT2D eigenvalue weighted by atomic mass is 10.1. The number of rotatable bonds is 9. The molecule has 31 heavy (non-hydrogen) atoms. The minimum Gasteiger partial charge on any atom is -0.497 e. The Kier molecular flexibility index (Phi) is 7.01. The Morgan fingerprint density at radius 3 is 2.58 bits per heavy atom. The number of anilines is 1. The van der Waals surface area contributed by atoms with Gasteiger partial charge < -0.3 is 14.6 Å². The molecule has 0 aliphatic heterocycles. The average Bonchev–Trinajstić information content (AvgIpc) is 3.47. The van der Waals surface area contributed by atoms with Crippen molar-refractivity contribution < 1.29 is 9.53 Å². The second kappa shape index (κ2) is 10.3. The van der Waals surface area contributed by atoms with Crippen LogP contribution >= 0.6 is 23.1 Å². The van der Waals surface area contributed by atoms with Gasteiger partial charge in [0.05, 0.1) is 17.7 Å². The highest BCUT2D eigenvalue weighted by atomic mass is 32.2. The van der Waals surface area contributed by atoms with Gasteiger partial charge in [-0.05, 0) is 47.7 Å². The molecule has 0 saturated carbocycles. The summed E-state index contributed by atoms with van der Waals surface area (Å²) in [6.45, 7) is 0.743. The van der Waals surface area contributed by atoms with E-state index in [9.17, 15) is 4.79 Å². The van der Waals surface area contributed by atoms with E-state index in [-0.39, 0.29) is 11.7 Å². The lowest BCUT2D eigenvalue weighted by Crippen LogP contribution is -2.15. The van der Waals surface area contributed by atoms with Crippen molar-refractivity contribution in [1.29, 1.82) is 0 Å². The summed E-state index contributed by atoms with van der Waals surface area (Å²) in [7, 11) is 1.61. The zero-order chi connectivity index (χ0) is 21.5. The normalized spacial score (nSPS) is 10.7. The van der Waals surface area contributed by atoms with Crippen molar-refractivity contribution in [3.8, 4) is 16.5 Å². The van der Waals surface area contributed by atoms with E-state index in [1.165, 1.54) is 17.3 Å². The van der Waals surface area contributed by atoms with E-state index in [4.69, 9.17) is 4.74 Å². The molecule has 0 aliphatic carbocycles. The van der Waals surface area contributed by atoms with Crippen LogP contribution in [0.5, 0.6) is 5.75 Å². The van der Waals surface area contributed by atoms with Gasteiger partial charge in [-0.25, -0.2) is 0 Å². The van der Waals surface area contributed by atoms with Gasteiger partial charge in [0.25, 0.3) is 0 Å². The molecule has 4 rings (SSSR count). The van der Waals surface area contributed by atoms with Crippen molar-refractivity contribution in [2.75, 3.05) is 18.2 Å². The molecule has 0 radical (unpaired) electrons. The maximum atomic E-state index is 12.4. The summed E-state index contributed by atoms with van der Waals surface area (Å²) in [6, 6.07) is 21.6. The van der Waals surface area contributed by atoms with Gasteiger partial charge in [-0.2, -0.15) is 0 Å². The van der Waals surface area contributed by atoms with Crippen LogP contribution in [0.1, 0.15) is 5.56 Å². The monoisotopic (exact) mass is 450 g/mol. The Labute approximate surface area is 189 Å². The molecule has 0 fully saturated rings. The molecule has 0 saturated heterocycles. The average molecular weight is 451 g/mol. The Morgan fingerprint density at radius 2 is 1.87 bits per heavy atom. The van der Waals surface area contributed by atoms with E-state index in [0.717, 1.165) is 40.3 Å². The lowest BCUT2D eigenvalue weighted by Gasteiger charge is -2.10. The molecule has 1 N–H and O–H groups in total. The number of methoxy groups -OCH3 is 1. The van der Waals surface area contributed by atoms with Gasteiger partial charge in [0.2, 0.25) is 5.91 Å². The SMILES string of the molecule is COc1ccc(NC(=O)CSc2nnc(-c3cccs3)n2CCc2ccccc2)cc1. The first-order chi connectivity index (χ1) is 15.2. The highest BCUT2D eigenvalue weighted by Gasteiger charge is 2.16. The highest BCUT2D eigenvalue weighted by molar-refractivity contribution is 7.99. The third kappa shape index (κ3) is 5.53. The van der Waals surface area contributed by atoms with Gasteiger partial charge in [0.15, 0.2) is 11.0 Å². The van der Waals surface area contributed by atoms with Crippen LogP contribution in [0.3, 0.4) is 0 Å². The summed E-state index contributed by atoms with van der Waals surface area (Å²) in [5, 5.41) is 14.5. The van der Waals surface area contributed by atoms with Gasteiger partial charge in [0.1, 0.15) is 5.75 Å². The standard InChI is InChI=1S/C23H22N4O2S2/c1-29-19-11-9-18(10-12-19)24-21(28)16-31-23-26-25-22(20-8-5-15-30-20)27(23)14-13-17-6-3-2-4-7-17/h2-12,15H,13-14,16H2,1H3,(H,24,28). The van der Waals surface area contributed by atoms with Crippen molar-refractivity contribution in [1.82, 2.24) is 14.8 Å². The van der Waals surface area contributed by atoms with Crippen LogP contribution in [0.25, 0.3) is 10.7 Å². The van der Waals surface area contributed by atoms with E-state index in [1.807, 2.05) is 60.0 Å². The topological polar surface area (TPSA) is 69.0 Å². The predicted molar refractivity (Wildman–Crippen MR) is 126 cm³/mol. The fraction of sp³-hybridized carbons (Fsp3) is 0.174. The highest BCUT2D eigenvalue weighted by Crippen LogP contribution is 2.28. The number of hydrogen-bond acceptors (Lipinski definition) is 6. The molecule has 0 bridgehead atoms. The molecule has 0 aliphatic rings. The summed E-state index contributed by atoms with van der Waals surface area (Å²) in [6.07, 6.45) is 0.864. The zero-order valence-corrected chi connectivity index (χ0v) is 18.7. The molecule has 2 aromatic carbocycles. The van der Waals surface area contributed by atoms with Gasteiger partial charge in [-0.15, -0.1) is 21.5 Å². The van der Waals surface area contributed by atoms with Crippen LogP contribution in [-0.4, -0.2) is 33.5 Å². The summed E-state index contributed by atoms with van der Waals surface area (Å²) in [5.74, 6) is 1.74. The third-order valence-electron chi connectivity index (χ3n) is 4.63. The zero-order valence-electron chi connectivity index (χ0n) is 17.0. The summed E-state index contributed by atoms with van der Waals surface area (Å²) < 4.78 is 7.25. The van der Waals surface area contributed by atoms with Gasteiger partial charge >= 0.3 is 0 Å². The van der Waals surface area contributed by atoms with Crippen LogP contribution < -0.4 is 10.1 Å². The number of hydrogen-bond donors (Lipinski definition) is 1. The number of benzene rings is 2. The Balaban J connectivity index is 1.44. The first kappa shape index (κ1) is 21.1. The fourth-order valence-electron chi connectivity index (χ4n) is 3.07. The van der Waals surface area contributed by atoms with Gasteiger partial charge in [-0.3, -0.25) is 4.79 Å².